The van der Waals surface area contributed by atoms with Gasteiger partial charge in [-0.25, -0.2) is 0 Å². The number of nitrogens with one attached hydrogen (secondary N) is 1. The van der Waals surface area contributed by atoms with E-state index in [0.717, 1.165) is 6.42 Å². The maximum absolute atomic E-state index is 4.08. The lowest BCUT2D eigenvalue weighted by molar-refractivity contribution is 0.402. The maximum atomic E-state index is 4.08. The number of allylic oxidation sites excluding steroid dienone is 1. The fourth-order valence-electron chi connectivity index (χ4n) is 0.770. The SMILES string of the molecule is CN/C(=C\S)CC(C)(C)C. The van der Waals surface area contributed by atoms with Crippen LogP contribution < -0.4 is 5.32 Å². The van der Waals surface area contributed by atoms with E-state index in [2.05, 4.69) is 38.7 Å². The molecule has 2 heteroatoms. The molecule has 60 valence electrons. The molecule has 0 bridgehead atoms. The zero-order valence-corrected chi connectivity index (χ0v) is 8.13. The van der Waals surface area contributed by atoms with Gasteiger partial charge in [0, 0.05) is 12.7 Å². The van der Waals surface area contributed by atoms with Crippen molar-refractivity contribution in [2.75, 3.05) is 7.05 Å². The molecule has 0 amide bonds. The summed E-state index contributed by atoms with van der Waals surface area (Å²) in [5.41, 5.74) is 1.54. The van der Waals surface area contributed by atoms with Gasteiger partial charge in [-0.05, 0) is 17.2 Å². The van der Waals surface area contributed by atoms with E-state index in [4.69, 9.17) is 0 Å². The Morgan fingerprint density at radius 1 is 1.50 bits per heavy atom. The van der Waals surface area contributed by atoms with Crippen LogP contribution in [-0.2, 0) is 0 Å². The largest absolute Gasteiger partial charge is 0.391 e. The molecule has 0 rings (SSSR count). The highest BCUT2D eigenvalue weighted by Crippen LogP contribution is 2.22. The molecule has 1 N–H and O–H groups in total. The Kier molecular flexibility index (Phi) is 3.87. The molecule has 0 aliphatic carbocycles. The molecule has 0 saturated carbocycles. The lowest BCUT2D eigenvalue weighted by Gasteiger charge is -2.19. The maximum Gasteiger partial charge on any atom is 0.0171 e. The number of rotatable bonds is 2. The molecule has 0 aliphatic rings. The molecule has 0 aliphatic heterocycles. The Balaban J connectivity index is 3.88. The molecule has 0 aromatic heterocycles. The topological polar surface area (TPSA) is 12.0 Å². The van der Waals surface area contributed by atoms with Crippen LogP contribution in [0, 0.1) is 5.41 Å². The van der Waals surface area contributed by atoms with E-state index in [1.54, 1.807) is 0 Å². The molecule has 0 radical (unpaired) electrons. The van der Waals surface area contributed by atoms with Crippen LogP contribution in [0.15, 0.2) is 11.1 Å². The first-order valence-corrected chi connectivity index (χ1v) is 4.02. The normalized spacial score (nSPS) is 13.5. The van der Waals surface area contributed by atoms with Gasteiger partial charge in [-0.3, -0.25) is 0 Å². The first kappa shape index (κ1) is 9.89. The molecule has 0 heterocycles. The molecular weight excluding hydrogens is 142 g/mol. The van der Waals surface area contributed by atoms with Gasteiger partial charge in [0.2, 0.25) is 0 Å². The highest BCUT2D eigenvalue weighted by molar-refractivity contribution is 7.83. The molecular formula is C8H17NS. The molecule has 10 heavy (non-hydrogen) atoms. The zero-order valence-electron chi connectivity index (χ0n) is 7.23. The van der Waals surface area contributed by atoms with Crippen molar-refractivity contribution >= 4 is 12.6 Å². The molecule has 0 saturated heterocycles. The van der Waals surface area contributed by atoms with Crippen LogP contribution >= 0.6 is 12.6 Å². The van der Waals surface area contributed by atoms with E-state index in [1.165, 1.54) is 5.70 Å². The molecule has 0 fully saturated rings. The fraction of sp³-hybridized carbons (Fsp3) is 0.750. The van der Waals surface area contributed by atoms with Crippen LogP contribution in [-0.4, -0.2) is 7.05 Å². The van der Waals surface area contributed by atoms with Crippen LogP contribution in [0.3, 0.4) is 0 Å². The highest BCUT2D eigenvalue weighted by atomic mass is 32.1. The van der Waals surface area contributed by atoms with Gasteiger partial charge in [0.15, 0.2) is 0 Å². The van der Waals surface area contributed by atoms with Crippen molar-refractivity contribution in [3.05, 3.63) is 11.1 Å². The standard InChI is InChI=1S/C8H17NS/c1-8(2,3)5-7(6-10)9-4/h6,9-10H,5H2,1-4H3/b7-6-. The van der Waals surface area contributed by atoms with Crippen LogP contribution in [0.5, 0.6) is 0 Å². The van der Waals surface area contributed by atoms with Crippen LogP contribution in [0.25, 0.3) is 0 Å². The van der Waals surface area contributed by atoms with E-state index >= 15 is 0 Å². The van der Waals surface area contributed by atoms with E-state index in [1.807, 2.05) is 12.5 Å². The summed E-state index contributed by atoms with van der Waals surface area (Å²) in [5, 5.41) is 4.92. The van der Waals surface area contributed by atoms with Crippen molar-refractivity contribution in [3.63, 3.8) is 0 Å². The van der Waals surface area contributed by atoms with Gasteiger partial charge >= 0.3 is 0 Å². The summed E-state index contributed by atoms with van der Waals surface area (Å²) >= 11 is 4.08. The second-order valence-electron chi connectivity index (χ2n) is 3.64. The monoisotopic (exact) mass is 159 g/mol. The minimum Gasteiger partial charge on any atom is -0.391 e. The van der Waals surface area contributed by atoms with Crippen LogP contribution in [0.4, 0.5) is 0 Å². The van der Waals surface area contributed by atoms with Gasteiger partial charge in [0.25, 0.3) is 0 Å². The number of hydrogen-bond donors (Lipinski definition) is 2. The Morgan fingerprint density at radius 3 is 2.10 bits per heavy atom. The van der Waals surface area contributed by atoms with Gasteiger partial charge in [-0.2, -0.15) is 0 Å². The third-order valence-electron chi connectivity index (χ3n) is 1.20. The second-order valence-corrected chi connectivity index (χ2v) is 3.90. The lowest BCUT2D eigenvalue weighted by Crippen LogP contribution is -2.14. The van der Waals surface area contributed by atoms with E-state index in [0.29, 0.717) is 5.41 Å². The van der Waals surface area contributed by atoms with E-state index in [-0.39, 0.29) is 0 Å². The van der Waals surface area contributed by atoms with Crippen LogP contribution in [0.2, 0.25) is 0 Å². The summed E-state index contributed by atoms with van der Waals surface area (Å²) in [7, 11) is 1.92. The van der Waals surface area contributed by atoms with E-state index < -0.39 is 0 Å². The number of thiol groups is 1. The molecule has 0 spiro atoms. The zero-order chi connectivity index (χ0) is 8.20. The quantitative estimate of drug-likeness (QED) is 0.590. The molecule has 0 aromatic carbocycles. The summed E-state index contributed by atoms with van der Waals surface area (Å²) in [6.07, 6.45) is 1.05. The van der Waals surface area contributed by atoms with Crippen LogP contribution in [0.1, 0.15) is 27.2 Å². The predicted octanol–water partition coefficient (Wildman–Crippen LogP) is 2.41. The van der Waals surface area contributed by atoms with Gasteiger partial charge < -0.3 is 5.32 Å². The first-order chi connectivity index (χ1) is 4.49. The molecule has 0 unspecified atom stereocenters. The minimum absolute atomic E-state index is 0.345. The summed E-state index contributed by atoms with van der Waals surface area (Å²) in [6.45, 7) is 6.63. The average Bonchev–Trinajstić information content (AvgIpc) is 1.81. The smallest absolute Gasteiger partial charge is 0.0171 e. The van der Waals surface area contributed by atoms with Gasteiger partial charge in [-0.15, -0.1) is 12.6 Å². The molecule has 0 atom stereocenters. The predicted molar refractivity (Wildman–Crippen MR) is 50.2 cm³/mol. The third kappa shape index (κ3) is 4.74. The van der Waals surface area contributed by atoms with Crippen molar-refractivity contribution in [1.82, 2.24) is 5.32 Å². The minimum atomic E-state index is 0.345. The van der Waals surface area contributed by atoms with Crippen molar-refractivity contribution in [2.45, 2.75) is 27.2 Å². The lowest BCUT2D eigenvalue weighted by atomic mass is 9.91. The van der Waals surface area contributed by atoms with Gasteiger partial charge in [0.05, 0.1) is 0 Å². The van der Waals surface area contributed by atoms with Crippen molar-refractivity contribution < 1.29 is 0 Å². The summed E-state index contributed by atoms with van der Waals surface area (Å²) in [4.78, 5) is 0. The Morgan fingerprint density at radius 2 is 2.00 bits per heavy atom. The van der Waals surface area contributed by atoms with Crippen molar-refractivity contribution in [3.8, 4) is 0 Å². The van der Waals surface area contributed by atoms with Crippen molar-refractivity contribution in [1.29, 1.82) is 0 Å². The van der Waals surface area contributed by atoms with Crippen molar-refractivity contribution in [2.24, 2.45) is 5.41 Å². The number of hydrogen-bond acceptors (Lipinski definition) is 2. The third-order valence-corrected chi connectivity index (χ3v) is 1.51. The Bertz CT molecular complexity index is 122. The molecule has 1 nitrogen and oxygen atoms in total. The first-order valence-electron chi connectivity index (χ1n) is 3.50. The second kappa shape index (κ2) is 3.91. The Hall–Kier alpha value is -0.110. The Labute approximate surface area is 69.3 Å². The van der Waals surface area contributed by atoms with Gasteiger partial charge in [-0.1, -0.05) is 20.8 Å². The molecule has 0 aromatic rings. The van der Waals surface area contributed by atoms with Gasteiger partial charge in [0.1, 0.15) is 0 Å². The summed E-state index contributed by atoms with van der Waals surface area (Å²) < 4.78 is 0. The summed E-state index contributed by atoms with van der Waals surface area (Å²) in [6, 6.07) is 0. The summed E-state index contributed by atoms with van der Waals surface area (Å²) in [5.74, 6) is 0. The average molecular weight is 159 g/mol. The fourth-order valence-corrected chi connectivity index (χ4v) is 0.990. The highest BCUT2D eigenvalue weighted by Gasteiger charge is 2.11. The van der Waals surface area contributed by atoms with E-state index in [9.17, 15) is 0 Å².